The van der Waals surface area contributed by atoms with Crippen LogP contribution < -0.4 is 10.4 Å². The van der Waals surface area contributed by atoms with Gasteiger partial charge in [-0.2, -0.15) is 0 Å². The lowest BCUT2D eigenvalue weighted by molar-refractivity contribution is -0.190. The average Bonchev–Trinajstić information content (AvgIpc) is 3.28. The Bertz CT molecular complexity index is 2800. The van der Waals surface area contributed by atoms with Gasteiger partial charge in [-0.05, 0) is 110 Å². The standard InChI is InChI=1S/C56H56O9/c1-34(2)44-20-16-36-17-21-45-40(28-36)14-8-9-25-56(3)53(64-54(44)59)52(50-48(65-56)23-19-41-31-47(55(60)63-51(41)50)42(24-26-57)33-61-4)62-49(58)32-43-30-39(18-22-46(43)45)38-15-10-13-37(29-38)27-35-11-6-5-7-12-35/h5-7,10-13,15,17-19,21-23,28-29,31,39,42-43,46,52-53,57H,14,16,20,24-27,30,32-33H2,1-4H3/t39-,42+,43-,46+,52+,53-,56+/m0/s1. The number of fused-ring (bicyclic) bond motifs is 9. The molecule has 9 nitrogen and oxygen atoms in total. The van der Waals surface area contributed by atoms with E-state index in [1.807, 2.05) is 26.8 Å². The molecule has 0 radical (unpaired) electrons. The third kappa shape index (κ3) is 9.07. The number of carbonyl (C=O) groups excluding carboxylic acids is 2. The number of hydrogen-bond acceptors (Lipinski definition) is 9. The highest BCUT2D eigenvalue weighted by atomic mass is 16.6. The van der Waals surface area contributed by atoms with Crippen LogP contribution in [0.4, 0.5) is 0 Å². The first kappa shape index (κ1) is 44.0. The largest absolute Gasteiger partial charge is 0.482 e. The molecule has 9 heteroatoms. The van der Waals surface area contributed by atoms with Crippen LogP contribution in [0.3, 0.4) is 0 Å². The fourth-order valence-electron chi connectivity index (χ4n) is 10.4. The molecule has 1 aromatic heterocycles. The van der Waals surface area contributed by atoms with Crippen LogP contribution in [-0.4, -0.2) is 49.1 Å². The Labute approximate surface area is 380 Å². The van der Waals surface area contributed by atoms with Crippen molar-refractivity contribution in [3.05, 3.63) is 169 Å². The normalized spacial score (nSPS) is 24.3. The summed E-state index contributed by atoms with van der Waals surface area (Å²) in [6, 6.07) is 31.0. The zero-order chi connectivity index (χ0) is 45.2. The fourth-order valence-corrected chi connectivity index (χ4v) is 10.4. The molecule has 3 aliphatic heterocycles. The minimum Gasteiger partial charge on any atom is -0.482 e. The fraction of sp³-hybridized carbons (Fsp3) is 0.375. The van der Waals surface area contributed by atoms with Crippen LogP contribution in [0.25, 0.3) is 11.0 Å². The molecule has 1 N–H and O–H groups in total. The molecule has 5 aromatic rings. The van der Waals surface area contributed by atoms with Gasteiger partial charge in [-0.25, -0.2) is 9.59 Å². The van der Waals surface area contributed by atoms with Crippen molar-refractivity contribution >= 4 is 22.9 Å². The molecule has 65 heavy (non-hydrogen) atoms. The molecule has 4 aromatic carbocycles. The Balaban J connectivity index is 1.19. The number of aliphatic hydroxyl groups is 1. The molecule has 0 saturated heterocycles. The summed E-state index contributed by atoms with van der Waals surface area (Å²) in [5.74, 6) is 5.55. The van der Waals surface area contributed by atoms with Gasteiger partial charge in [0.25, 0.3) is 0 Å². The van der Waals surface area contributed by atoms with Crippen molar-refractivity contribution in [1.29, 1.82) is 0 Å². The van der Waals surface area contributed by atoms with Crippen LogP contribution in [-0.2, 0) is 43.1 Å². The number of benzene rings is 4. The minimum absolute atomic E-state index is 0.0512. The summed E-state index contributed by atoms with van der Waals surface area (Å²) in [6.45, 7) is 5.70. The van der Waals surface area contributed by atoms with Gasteiger partial charge >= 0.3 is 17.6 Å². The van der Waals surface area contributed by atoms with Gasteiger partial charge in [-0.1, -0.05) is 102 Å². The summed E-state index contributed by atoms with van der Waals surface area (Å²) in [5, 5.41) is 10.4. The number of hydrogen-bond donors (Lipinski definition) is 1. The Kier molecular flexibility index (Phi) is 12.7. The van der Waals surface area contributed by atoms with Gasteiger partial charge in [0, 0.05) is 60.8 Å². The predicted octanol–water partition coefficient (Wildman–Crippen LogP) is 9.91. The van der Waals surface area contributed by atoms with Crippen LogP contribution in [0.1, 0.15) is 121 Å². The van der Waals surface area contributed by atoms with Crippen molar-refractivity contribution in [1.82, 2.24) is 0 Å². The maximum Gasteiger partial charge on any atom is 0.339 e. The van der Waals surface area contributed by atoms with Crippen LogP contribution in [0.5, 0.6) is 5.75 Å². The first-order chi connectivity index (χ1) is 31.5. The number of ether oxygens (including phenoxy) is 4. The molecule has 5 bridgehead atoms. The molecule has 1 aliphatic carbocycles. The predicted molar refractivity (Wildman–Crippen MR) is 249 cm³/mol. The summed E-state index contributed by atoms with van der Waals surface area (Å²) >= 11 is 0. The van der Waals surface area contributed by atoms with E-state index in [0.29, 0.717) is 59.9 Å². The molecule has 0 unspecified atom stereocenters. The van der Waals surface area contributed by atoms with E-state index >= 15 is 0 Å². The molecule has 4 heterocycles. The number of esters is 2. The maximum absolute atomic E-state index is 15.0. The Morgan fingerprint density at radius 3 is 2.54 bits per heavy atom. The van der Waals surface area contributed by atoms with Gasteiger partial charge in [0.15, 0.2) is 17.8 Å². The number of carbonyl (C=O) groups is 2. The van der Waals surface area contributed by atoms with E-state index in [-0.39, 0.29) is 49.4 Å². The number of methoxy groups -OCH3 is 1. The third-order valence-electron chi connectivity index (χ3n) is 13.8. The average molecular weight is 873 g/mol. The highest BCUT2D eigenvalue weighted by Crippen LogP contribution is 2.50. The van der Waals surface area contributed by atoms with Gasteiger partial charge in [0.2, 0.25) is 0 Å². The smallest absolute Gasteiger partial charge is 0.339 e. The number of aliphatic hydroxyl groups excluding tert-OH is 1. The highest BCUT2D eigenvalue weighted by Gasteiger charge is 2.53. The van der Waals surface area contributed by atoms with E-state index in [9.17, 15) is 19.5 Å². The van der Waals surface area contributed by atoms with Gasteiger partial charge in [0.05, 0.1) is 18.6 Å². The van der Waals surface area contributed by atoms with E-state index in [2.05, 4.69) is 90.7 Å². The third-order valence-corrected chi connectivity index (χ3v) is 13.8. The lowest BCUT2D eigenvalue weighted by Crippen LogP contribution is -2.54. The molecule has 7 atom stereocenters. The first-order valence-corrected chi connectivity index (χ1v) is 22.9. The monoisotopic (exact) mass is 872 g/mol. The zero-order valence-electron chi connectivity index (χ0n) is 37.6. The van der Waals surface area contributed by atoms with Crippen LogP contribution >= 0.6 is 0 Å². The molecule has 334 valence electrons. The van der Waals surface area contributed by atoms with Crippen LogP contribution in [0.2, 0.25) is 0 Å². The summed E-state index contributed by atoms with van der Waals surface area (Å²) in [6.07, 6.45) is 5.74. The molecule has 4 aliphatic rings. The van der Waals surface area contributed by atoms with E-state index in [0.717, 1.165) is 28.7 Å². The lowest BCUT2D eigenvalue weighted by atomic mass is 9.71. The molecule has 9 rings (SSSR count). The van der Waals surface area contributed by atoms with Gasteiger partial charge in [0.1, 0.15) is 11.3 Å². The van der Waals surface area contributed by atoms with Crippen LogP contribution in [0.15, 0.2) is 124 Å². The van der Waals surface area contributed by atoms with Crippen molar-refractivity contribution in [2.24, 2.45) is 5.92 Å². The molecular weight excluding hydrogens is 817 g/mol. The van der Waals surface area contributed by atoms with E-state index in [4.69, 9.17) is 23.4 Å². The molecule has 0 saturated carbocycles. The topological polar surface area (TPSA) is 122 Å². The maximum atomic E-state index is 15.0. The van der Waals surface area contributed by atoms with E-state index in [1.165, 1.54) is 16.7 Å². The van der Waals surface area contributed by atoms with Crippen molar-refractivity contribution in [2.45, 2.75) is 108 Å². The second kappa shape index (κ2) is 18.7. The Morgan fingerprint density at radius 1 is 0.908 bits per heavy atom. The summed E-state index contributed by atoms with van der Waals surface area (Å²) in [7, 11) is 1.54. The zero-order valence-corrected chi connectivity index (χ0v) is 37.6. The van der Waals surface area contributed by atoms with Gasteiger partial charge < -0.3 is 28.5 Å². The van der Waals surface area contributed by atoms with Crippen molar-refractivity contribution in [3.63, 3.8) is 0 Å². The lowest BCUT2D eigenvalue weighted by Gasteiger charge is -2.45. The summed E-state index contributed by atoms with van der Waals surface area (Å²) in [4.78, 5) is 43.4. The minimum atomic E-state index is -1.28. The molecule has 0 fully saturated rings. The van der Waals surface area contributed by atoms with E-state index < -0.39 is 41.3 Å². The first-order valence-electron chi connectivity index (χ1n) is 22.9. The number of aryl methyl sites for hydroxylation is 1. The van der Waals surface area contributed by atoms with Crippen molar-refractivity contribution in [2.75, 3.05) is 20.3 Å². The molecule has 0 amide bonds. The summed E-state index contributed by atoms with van der Waals surface area (Å²) in [5.41, 5.74) is 7.26. The highest BCUT2D eigenvalue weighted by molar-refractivity contribution is 5.90. The second-order valence-electron chi connectivity index (χ2n) is 18.5. The van der Waals surface area contributed by atoms with Gasteiger partial charge in [-0.3, -0.25) is 4.79 Å². The Hall–Kier alpha value is -6.21. The number of allylic oxidation sites excluding steroid dienone is 3. The van der Waals surface area contributed by atoms with Crippen molar-refractivity contribution in [3.8, 4) is 17.6 Å². The molecule has 0 spiro atoms. The van der Waals surface area contributed by atoms with Crippen LogP contribution in [0, 0.1) is 17.8 Å². The second-order valence-corrected chi connectivity index (χ2v) is 18.5. The van der Waals surface area contributed by atoms with Crippen molar-refractivity contribution < 1.29 is 38.1 Å². The van der Waals surface area contributed by atoms with Gasteiger partial charge in [-0.15, -0.1) is 0 Å². The van der Waals surface area contributed by atoms with E-state index in [1.54, 1.807) is 25.3 Å². The SMILES string of the molecule is COC[C@@H](CCO)c1cc2ccc3c(c2oc1=O)[C@H]1OC(=O)C[C@@H]2C[C@@H](c4cccc(Cc5ccccc5)c4)C=C[C@H]2c2ccc4cc2CC#CC[C@@](C)(O3)[C@H]1OC(=O)C(=C(C)C)CC4. The quantitative estimate of drug-likeness (QED) is 0.0534. The Morgan fingerprint density at radius 2 is 1.74 bits per heavy atom. The summed E-state index contributed by atoms with van der Waals surface area (Å²) < 4.78 is 31.8. The number of rotatable bonds is 8. The molecular formula is C56H56O9.